The lowest BCUT2D eigenvalue weighted by Crippen LogP contribution is -2.08. The van der Waals surface area contributed by atoms with Gasteiger partial charge in [0.05, 0.1) is 0 Å². The first-order valence-electron chi connectivity index (χ1n) is 6.46. The molecular formula is C17H18N2O. The summed E-state index contributed by atoms with van der Waals surface area (Å²) >= 11 is 0. The molecule has 2 aromatic carbocycles. The van der Waals surface area contributed by atoms with Gasteiger partial charge in [-0.1, -0.05) is 30.3 Å². The highest BCUT2D eigenvalue weighted by molar-refractivity contribution is 6.01. The maximum Gasteiger partial charge on any atom is 0.248 e. The summed E-state index contributed by atoms with van der Waals surface area (Å²) in [6.45, 7) is 0. The number of nitrogens with one attached hydrogen (secondary N) is 1. The quantitative estimate of drug-likeness (QED) is 0.860. The lowest BCUT2D eigenvalue weighted by atomic mass is 10.2. The zero-order valence-corrected chi connectivity index (χ0v) is 11.7. The van der Waals surface area contributed by atoms with E-state index in [1.54, 1.807) is 6.08 Å². The second-order valence-corrected chi connectivity index (χ2v) is 4.67. The zero-order valence-electron chi connectivity index (χ0n) is 11.7. The maximum absolute atomic E-state index is 11.8. The Hall–Kier alpha value is -2.55. The van der Waals surface area contributed by atoms with E-state index in [-0.39, 0.29) is 5.91 Å². The molecule has 0 spiro atoms. The molecule has 0 bridgehead atoms. The van der Waals surface area contributed by atoms with Gasteiger partial charge in [0, 0.05) is 31.5 Å². The number of benzene rings is 2. The second-order valence-electron chi connectivity index (χ2n) is 4.67. The molecule has 0 aliphatic heterocycles. The maximum atomic E-state index is 11.8. The van der Waals surface area contributed by atoms with Crippen LogP contribution >= 0.6 is 0 Å². The highest BCUT2D eigenvalue weighted by Gasteiger charge is 1.97. The molecule has 1 N–H and O–H groups in total. The van der Waals surface area contributed by atoms with E-state index in [0.717, 1.165) is 16.9 Å². The summed E-state index contributed by atoms with van der Waals surface area (Å²) < 4.78 is 0. The zero-order chi connectivity index (χ0) is 14.4. The first-order valence-corrected chi connectivity index (χ1v) is 6.46. The van der Waals surface area contributed by atoms with Gasteiger partial charge in [0.1, 0.15) is 0 Å². The van der Waals surface area contributed by atoms with Crippen LogP contribution in [-0.4, -0.2) is 20.0 Å². The number of carbonyl (C=O) groups is 1. The van der Waals surface area contributed by atoms with Crippen molar-refractivity contribution in [3.63, 3.8) is 0 Å². The molecule has 0 atom stereocenters. The molecule has 102 valence electrons. The Bertz CT molecular complexity index is 586. The monoisotopic (exact) mass is 266 g/mol. The van der Waals surface area contributed by atoms with Crippen molar-refractivity contribution in [2.75, 3.05) is 24.3 Å². The third kappa shape index (κ3) is 3.99. The Morgan fingerprint density at radius 3 is 2.25 bits per heavy atom. The van der Waals surface area contributed by atoms with Crippen LogP contribution in [0.4, 0.5) is 11.4 Å². The SMILES string of the molecule is CN(C)c1ccc(C=CC(=O)Nc2ccccc2)cc1. The van der Waals surface area contributed by atoms with Gasteiger partial charge in [-0.2, -0.15) is 0 Å². The number of hydrogen-bond donors (Lipinski definition) is 1. The fraction of sp³-hybridized carbons (Fsp3) is 0.118. The molecule has 0 fully saturated rings. The molecular weight excluding hydrogens is 248 g/mol. The Kier molecular flexibility index (Phi) is 4.56. The van der Waals surface area contributed by atoms with Crippen LogP contribution in [0.1, 0.15) is 5.56 Å². The van der Waals surface area contributed by atoms with Gasteiger partial charge in [-0.05, 0) is 35.9 Å². The fourth-order valence-electron chi connectivity index (χ4n) is 1.76. The van der Waals surface area contributed by atoms with E-state index in [0.29, 0.717) is 0 Å². The first-order chi connectivity index (χ1) is 9.65. The lowest BCUT2D eigenvalue weighted by Gasteiger charge is -2.11. The van der Waals surface area contributed by atoms with Crippen molar-refractivity contribution in [2.24, 2.45) is 0 Å². The number of nitrogens with zero attached hydrogens (tertiary/aromatic N) is 1. The van der Waals surface area contributed by atoms with Gasteiger partial charge in [0.25, 0.3) is 0 Å². The Morgan fingerprint density at radius 1 is 1.00 bits per heavy atom. The number of hydrogen-bond acceptors (Lipinski definition) is 2. The van der Waals surface area contributed by atoms with Crippen LogP contribution in [0.25, 0.3) is 6.08 Å². The van der Waals surface area contributed by atoms with Gasteiger partial charge in [-0.25, -0.2) is 0 Å². The van der Waals surface area contributed by atoms with Crippen molar-refractivity contribution in [2.45, 2.75) is 0 Å². The second kappa shape index (κ2) is 6.57. The lowest BCUT2D eigenvalue weighted by molar-refractivity contribution is -0.111. The minimum absolute atomic E-state index is 0.132. The molecule has 0 aromatic heterocycles. The van der Waals surface area contributed by atoms with Gasteiger partial charge in [-0.3, -0.25) is 4.79 Å². The van der Waals surface area contributed by atoms with E-state index in [1.807, 2.05) is 73.6 Å². The molecule has 3 heteroatoms. The van der Waals surface area contributed by atoms with E-state index in [2.05, 4.69) is 5.32 Å². The third-order valence-corrected chi connectivity index (χ3v) is 2.88. The largest absolute Gasteiger partial charge is 0.378 e. The van der Waals surface area contributed by atoms with Gasteiger partial charge >= 0.3 is 0 Å². The molecule has 1 amide bonds. The van der Waals surface area contributed by atoms with Crippen LogP contribution in [0.5, 0.6) is 0 Å². The van der Waals surface area contributed by atoms with Crippen LogP contribution in [0, 0.1) is 0 Å². The minimum Gasteiger partial charge on any atom is -0.378 e. The molecule has 2 aromatic rings. The Labute approximate surface area is 119 Å². The predicted octanol–water partition coefficient (Wildman–Crippen LogP) is 3.40. The molecule has 0 aliphatic carbocycles. The summed E-state index contributed by atoms with van der Waals surface area (Å²) in [7, 11) is 4.00. The van der Waals surface area contributed by atoms with Crippen LogP contribution in [0.3, 0.4) is 0 Å². The normalized spacial score (nSPS) is 10.5. The number of para-hydroxylation sites is 1. The summed E-state index contributed by atoms with van der Waals surface area (Å²) in [4.78, 5) is 13.8. The molecule has 0 saturated heterocycles. The molecule has 3 nitrogen and oxygen atoms in total. The van der Waals surface area contributed by atoms with Gasteiger partial charge in [-0.15, -0.1) is 0 Å². The molecule has 0 unspecified atom stereocenters. The molecule has 0 radical (unpaired) electrons. The predicted molar refractivity (Wildman–Crippen MR) is 84.9 cm³/mol. The summed E-state index contributed by atoms with van der Waals surface area (Å²) in [5.74, 6) is -0.132. The molecule has 20 heavy (non-hydrogen) atoms. The smallest absolute Gasteiger partial charge is 0.248 e. The van der Waals surface area contributed by atoms with Crippen molar-refractivity contribution in [1.29, 1.82) is 0 Å². The first kappa shape index (κ1) is 13.9. The van der Waals surface area contributed by atoms with Gasteiger partial charge < -0.3 is 10.2 Å². The molecule has 0 aliphatic rings. The van der Waals surface area contributed by atoms with E-state index in [4.69, 9.17) is 0 Å². The van der Waals surface area contributed by atoms with E-state index >= 15 is 0 Å². The van der Waals surface area contributed by atoms with E-state index in [1.165, 1.54) is 6.08 Å². The van der Waals surface area contributed by atoms with Crippen molar-refractivity contribution >= 4 is 23.4 Å². The van der Waals surface area contributed by atoms with Crippen molar-refractivity contribution in [3.05, 3.63) is 66.2 Å². The highest BCUT2D eigenvalue weighted by atomic mass is 16.1. The van der Waals surface area contributed by atoms with Gasteiger partial charge in [0.2, 0.25) is 5.91 Å². The number of anilines is 2. The standard InChI is InChI=1S/C17H18N2O/c1-19(2)16-11-8-14(9-12-16)10-13-17(20)18-15-6-4-3-5-7-15/h3-13H,1-2H3,(H,18,20). The van der Waals surface area contributed by atoms with E-state index in [9.17, 15) is 4.79 Å². The van der Waals surface area contributed by atoms with Crippen molar-refractivity contribution in [1.82, 2.24) is 0 Å². The summed E-state index contributed by atoms with van der Waals surface area (Å²) in [6.07, 6.45) is 3.34. The Balaban J connectivity index is 1.97. The van der Waals surface area contributed by atoms with Crippen LogP contribution in [0.15, 0.2) is 60.7 Å². The van der Waals surface area contributed by atoms with Gasteiger partial charge in [0.15, 0.2) is 0 Å². The Morgan fingerprint density at radius 2 is 1.65 bits per heavy atom. The van der Waals surface area contributed by atoms with Crippen molar-refractivity contribution < 1.29 is 4.79 Å². The highest BCUT2D eigenvalue weighted by Crippen LogP contribution is 2.13. The summed E-state index contributed by atoms with van der Waals surface area (Å²) in [6, 6.07) is 17.4. The van der Waals surface area contributed by atoms with Crippen LogP contribution in [-0.2, 0) is 4.79 Å². The molecule has 0 saturated carbocycles. The average molecular weight is 266 g/mol. The number of amides is 1. The van der Waals surface area contributed by atoms with Crippen LogP contribution in [0.2, 0.25) is 0 Å². The third-order valence-electron chi connectivity index (χ3n) is 2.88. The number of rotatable bonds is 4. The fourth-order valence-corrected chi connectivity index (χ4v) is 1.76. The summed E-state index contributed by atoms with van der Waals surface area (Å²) in [5, 5.41) is 2.81. The number of carbonyl (C=O) groups excluding carboxylic acids is 1. The van der Waals surface area contributed by atoms with E-state index < -0.39 is 0 Å². The van der Waals surface area contributed by atoms with Crippen molar-refractivity contribution in [3.8, 4) is 0 Å². The topological polar surface area (TPSA) is 32.3 Å². The minimum atomic E-state index is -0.132. The van der Waals surface area contributed by atoms with Crippen LogP contribution < -0.4 is 10.2 Å². The summed E-state index contributed by atoms with van der Waals surface area (Å²) in [5.41, 5.74) is 2.93. The molecule has 2 rings (SSSR count). The molecule has 0 heterocycles. The average Bonchev–Trinajstić information content (AvgIpc) is 2.46.